The lowest BCUT2D eigenvalue weighted by Gasteiger charge is -2.13. The largest absolute Gasteiger partial charge is 0.469 e. The van der Waals surface area contributed by atoms with E-state index >= 15 is 0 Å². The second kappa shape index (κ2) is 8.00. The Labute approximate surface area is 118 Å². The topological polar surface area (TPSA) is 43.4 Å². The quantitative estimate of drug-likeness (QED) is 0.568. The molecule has 0 bridgehead atoms. The number of carbonyl (C=O) groups excluding carboxylic acids is 2. The van der Waals surface area contributed by atoms with Crippen molar-refractivity contribution >= 4 is 23.5 Å². The predicted octanol–water partition coefficient (Wildman–Crippen LogP) is 3.11. The predicted molar refractivity (Wildman–Crippen MR) is 78.6 cm³/mol. The van der Waals surface area contributed by atoms with Crippen molar-refractivity contribution in [2.75, 3.05) is 18.6 Å². The van der Waals surface area contributed by atoms with Gasteiger partial charge >= 0.3 is 5.97 Å². The molecule has 3 nitrogen and oxygen atoms in total. The molecule has 0 saturated heterocycles. The molecule has 0 saturated carbocycles. The fraction of sp³-hybridized carbons (Fsp3) is 0.467. The first-order chi connectivity index (χ1) is 9.08. The maximum Gasteiger partial charge on any atom is 0.309 e. The highest BCUT2D eigenvalue weighted by molar-refractivity contribution is 7.99. The average Bonchev–Trinajstić information content (AvgIpc) is 2.43. The Hall–Kier alpha value is -1.29. The van der Waals surface area contributed by atoms with Crippen LogP contribution in [0.4, 0.5) is 0 Å². The van der Waals surface area contributed by atoms with Gasteiger partial charge in [0.2, 0.25) is 0 Å². The minimum atomic E-state index is -0.358. The maximum absolute atomic E-state index is 12.1. The van der Waals surface area contributed by atoms with E-state index in [4.69, 9.17) is 4.74 Å². The zero-order valence-electron chi connectivity index (χ0n) is 11.6. The summed E-state index contributed by atoms with van der Waals surface area (Å²) >= 11 is 1.65. The summed E-state index contributed by atoms with van der Waals surface area (Å²) in [5, 5.41) is 0. The van der Waals surface area contributed by atoms with Crippen molar-refractivity contribution < 1.29 is 14.3 Å². The lowest BCUT2D eigenvalue weighted by atomic mass is 9.99. The van der Waals surface area contributed by atoms with E-state index < -0.39 is 0 Å². The van der Waals surface area contributed by atoms with Crippen molar-refractivity contribution in [2.45, 2.75) is 20.3 Å². The van der Waals surface area contributed by atoms with Crippen LogP contribution in [-0.2, 0) is 9.53 Å². The molecule has 0 amide bonds. The van der Waals surface area contributed by atoms with Crippen LogP contribution in [0, 0.1) is 12.8 Å². The fourth-order valence-electron chi connectivity index (χ4n) is 1.72. The summed E-state index contributed by atoms with van der Waals surface area (Å²) in [5.41, 5.74) is 1.77. The van der Waals surface area contributed by atoms with Crippen LogP contribution in [0.1, 0.15) is 29.3 Å². The molecule has 1 aromatic rings. The second-order valence-electron chi connectivity index (χ2n) is 4.37. The van der Waals surface area contributed by atoms with Gasteiger partial charge in [-0.15, -0.1) is 0 Å². The molecular formula is C15H20O3S. The molecule has 4 heteroatoms. The van der Waals surface area contributed by atoms with Crippen molar-refractivity contribution in [2.24, 2.45) is 5.92 Å². The lowest BCUT2D eigenvalue weighted by Crippen LogP contribution is -2.22. The van der Waals surface area contributed by atoms with Crippen LogP contribution in [0.3, 0.4) is 0 Å². The lowest BCUT2D eigenvalue weighted by molar-refractivity contribution is -0.144. The molecule has 0 N–H and O–H groups in total. The number of hydrogen-bond donors (Lipinski definition) is 0. The van der Waals surface area contributed by atoms with E-state index in [2.05, 4.69) is 0 Å². The fourth-order valence-corrected chi connectivity index (χ4v) is 2.49. The van der Waals surface area contributed by atoms with Gasteiger partial charge in [-0.2, -0.15) is 11.8 Å². The van der Waals surface area contributed by atoms with Crippen molar-refractivity contribution in [3.63, 3.8) is 0 Å². The Morgan fingerprint density at radius 1 is 1.26 bits per heavy atom. The van der Waals surface area contributed by atoms with Gasteiger partial charge in [0.05, 0.1) is 13.0 Å². The first-order valence-corrected chi connectivity index (χ1v) is 7.49. The number of methoxy groups -OCH3 is 1. The molecule has 0 radical (unpaired) electrons. The van der Waals surface area contributed by atoms with Crippen LogP contribution in [0.2, 0.25) is 0 Å². The molecule has 104 valence electrons. The first-order valence-electron chi connectivity index (χ1n) is 6.34. The van der Waals surface area contributed by atoms with Crippen LogP contribution in [0.15, 0.2) is 24.3 Å². The van der Waals surface area contributed by atoms with E-state index in [1.807, 2.05) is 26.0 Å². The summed E-state index contributed by atoms with van der Waals surface area (Å²) in [6.07, 6.45) is 0.211. The average molecular weight is 280 g/mol. The smallest absolute Gasteiger partial charge is 0.309 e. The van der Waals surface area contributed by atoms with Crippen molar-refractivity contribution in [1.82, 2.24) is 0 Å². The van der Waals surface area contributed by atoms with Gasteiger partial charge in [0.15, 0.2) is 5.78 Å². The third kappa shape index (κ3) is 5.07. The normalized spacial score (nSPS) is 11.9. The van der Waals surface area contributed by atoms with Crippen LogP contribution < -0.4 is 0 Å². The Balaban J connectivity index is 2.69. The van der Waals surface area contributed by atoms with Gasteiger partial charge in [-0.1, -0.05) is 36.8 Å². The third-order valence-corrected chi connectivity index (χ3v) is 3.91. The zero-order valence-corrected chi connectivity index (χ0v) is 12.5. The van der Waals surface area contributed by atoms with E-state index in [0.717, 1.165) is 11.3 Å². The molecule has 0 aliphatic heterocycles. The molecule has 1 aromatic carbocycles. The van der Waals surface area contributed by atoms with Gasteiger partial charge in [0.1, 0.15) is 0 Å². The second-order valence-corrected chi connectivity index (χ2v) is 5.69. The summed E-state index contributed by atoms with van der Waals surface area (Å²) in [4.78, 5) is 23.8. The molecule has 0 spiro atoms. The molecule has 0 aliphatic rings. The van der Waals surface area contributed by atoms with Crippen LogP contribution >= 0.6 is 11.8 Å². The number of benzene rings is 1. The highest BCUT2D eigenvalue weighted by atomic mass is 32.2. The van der Waals surface area contributed by atoms with E-state index in [9.17, 15) is 9.59 Å². The summed E-state index contributed by atoms with van der Waals surface area (Å²) in [6.45, 7) is 4.00. The van der Waals surface area contributed by atoms with E-state index in [1.54, 1.807) is 23.9 Å². The molecule has 1 unspecified atom stereocenters. The molecule has 0 aliphatic carbocycles. The van der Waals surface area contributed by atoms with Crippen molar-refractivity contribution in [3.05, 3.63) is 35.4 Å². The standard InChI is InChI=1S/C15H20O3S/c1-4-19-10-13(15(17)18-3)9-14(16)12-7-5-11(2)6-8-12/h5-8,13H,4,9-10H2,1-3H3. The summed E-state index contributed by atoms with van der Waals surface area (Å²) < 4.78 is 4.76. The first kappa shape index (κ1) is 15.8. The summed E-state index contributed by atoms with van der Waals surface area (Å²) in [5.74, 6) is 0.879. The number of rotatable bonds is 7. The molecule has 0 fully saturated rings. The molecule has 19 heavy (non-hydrogen) atoms. The monoisotopic (exact) mass is 280 g/mol. The minimum absolute atomic E-state index is 0.00731. The molecule has 1 rings (SSSR count). The molecule has 0 heterocycles. The summed E-state index contributed by atoms with van der Waals surface area (Å²) in [7, 11) is 1.36. The highest BCUT2D eigenvalue weighted by Gasteiger charge is 2.23. The Morgan fingerprint density at radius 2 is 1.89 bits per heavy atom. The molecule has 0 aromatic heterocycles. The van der Waals surface area contributed by atoms with Crippen LogP contribution in [-0.4, -0.2) is 30.4 Å². The number of aryl methyl sites for hydroxylation is 1. The summed E-state index contributed by atoms with van der Waals surface area (Å²) in [6, 6.07) is 7.42. The Kier molecular flexibility index (Phi) is 6.64. The Morgan fingerprint density at radius 3 is 2.42 bits per heavy atom. The van der Waals surface area contributed by atoms with Gasteiger partial charge < -0.3 is 4.74 Å². The van der Waals surface area contributed by atoms with Crippen LogP contribution in [0.25, 0.3) is 0 Å². The zero-order chi connectivity index (χ0) is 14.3. The Bertz CT molecular complexity index is 426. The van der Waals surface area contributed by atoms with Gasteiger partial charge in [-0.25, -0.2) is 0 Å². The highest BCUT2D eigenvalue weighted by Crippen LogP contribution is 2.17. The SMILES string of the molecule is CCSCC(CC(=O)c1ccc(C)cc1)C(=O)OC. The number of thioether (sulfide) groups is 1. The number of ether oxygens (including phenoxy) is 1. The van der Waals surface area contributed by atoms with Gasteiger partial charge in [0.25, 0.3) is 0 Å². The van der Waals surface area contributed by atoms with Crippen molar-refractivity contribution in [1.29, 1.82) is 0 Å². The number of esters is 1. The van der Waals surface area contributed by atoms with Crippen molar-refractivity contribution in [3.8, 4) is 0 Å². The number of Topliss-reactive ketones (excluding diaryl/α,β-unsaturated/α-hetero) is 1. The minimum Gasteiger partial charge on any atom is -0.469 e. The van der Waals surface area contributed by atoms with Gasteiger partial charge in [-0.3, -0.25) is 9.59 Å². The molecular weight excluding hydrogens is 260 g/mol. The van der Waals surface area contributed by atoms with E-state index in [1.165, 1.54) is 7.11 Å². The number of hydrogen-bond acceptors (Lipinski definition) is 4. The third-order valence-electron chi connectivity index (χ3n) is 2.86. The van der Waals surface area contributed by atoms with E-state index in [-0.39, 0.29) is 24.1 Å². The van der Waals surface area contributed by atoms with Crippen LogP contribution in [0.5, 0.6) is 0 Å². The van der Waals surface area contributed by atoms with Gasteiger partial charge in [0, 0.05) is 17.7 Å². The number of carbonyl (C=O) groups is 2. The van der Waals surface area contributed by atoms with Gasteiger partial charge in [-0.05, 0) is 12.7 Å². The maximum atomic E-state index is 12.1. The number of ketones is 1. The molecule has 1 atom stereocenters. The van der Waals surface area contributed by atoms with E-state index in [0.29, 0.717) is 11.3 Å².